The Labute approximate surface area is 119 Å². The third-order valence-electron chi connectivity index (χ3n) is 0.994. The SMILES string of the molecule is C=C(C)C(=O)O.CC(O)CO.CC(O)CO.OCCO. The zero-order valence-corrected chi connectivity index (χ0v) is 12.2. The average Bonchev–Trinajstić information content (AvgIpc) is 2.40. The second kappa shape index (κ2) is 23.1. The molecule has 2 atom stereocenters. The van der Waals surface area contributed by atoms with E-state index in [9.17, 15) is 4.79 Å². The Bertz CT molecular complexity index is 182. The first-order valence-corrected chi connectivity index (χ1v) is 5.78. The summed E-state index contributed by atoms with van der Waals surface area (Å²) in [5, 5.41) is 55.2. The van der Waals surface area contributed by atoms with Gasteiger partial charge in [-0.3, -0.25) is 0 Å². The summed E-state index contributed by atoms with van der Waals surface area (Å²) in [4.78, 5) is 9.60. The van der Waals surface area contributed by atoms with Crippen molar-refractivity contribution in [3.05, 3.63) is 12.2 Å². The molecule has 8 heteroatoms. The zero-order valence-electron chi connectivity index (χ0n) is 12.2. The first-order valence-electron chi connectivity index (χ1n) is 5.78. The molecule has 0 aromatic carbocycles. The Kier molecular flexibility index (Phi) is 31.6. The highest BCUT2D eigenvalue weighted by Crippen LogP contribution is 1.81. The summed E-state index contributed by atoms with van der Waals surface area (Å²) in [6.07, 6.45) is -1.12. The van der Waals surface area contributed by atoms with Crippen LogP contribution in [-0.2, 0) is 4.79 Å². The molecular formula is C12H28O8. The molecule has 0 amide bonds. The second-order valence-corrected chi connectivity index (χ2v) is 3.60. The number of carbonyl (C=O) groups is 1. The molecule has 0 aliphatic heterocycles. The fraction of sp³-hybridized carbons (Fsp3) is 0.750. The maximum absolute atomic E-state index is 9.60. The maximum Gasteiger partial charge on any atom is 0.330 e. The number of carboxylic acid groups (broad SMARTS) is 1. The lowest BCUT2D eigenvalue weighted by Gasteiger charge is -1.90. The van der Waals surface area contributed by atoms with E-state index in [4.69, 9.17) is 35.7 Å². The van der Waals surface area contributed by atoms with Gasteiger partial charge in [0.05, 0.1) is 38.6 Å². The van der Waals surface area contributed by atoms with Gasteiger partial charge in [0.2, 0.25) is 0 Å². The van der Waals surface area contributed by atoms with Gasteiger partial charge in [-0.15, -0.1) is 0 Å². The Hall–Kier alpha value is -1.03. The quantitative estimate of drug-likeness (QED) is 0.304. The van der Waals surface area contributed by atoms with E-state index in [2.05, 4.69) is 6.58 Å². The van der Waals surface area contributed by atoms with Crippen LogP contribution in [0.25, 0.3) is 0 Å². The number of aliphatic hydroxyl groups excluding tert-OH is 6. The summed E-state index contributed by atoms with van der Waals surface area (Å²) in [7, 11) is 0. The van der Waals surface area contributed by atoms with Crippen LogP contribution in [0.5, 0.6) is 0 Å². The molecule has 0 heterocycles. The summed E-state index contributed by atoms with van der Waals surface area (Å²) in [5.41, 5.74) is 0.176. The summed E-state index contributed by atoms with van der Waals surface area (Å²) in [5.74, 6) is -0.935. The highest BCUT2D eigenvalue weighted by molar-refractivity contribution is 5.84. The number of carboxylic acids is 1. The van der Waals surface area contributed by atoms with E-state index >= 15 is 0 Å². The van der Waals surface area contributed by atoms with E-state index in [1.165, 1.54) is 20.8 Å². The van der Waals surface area contributed by atoms with Gasteiger partial charge in [-0.1, -0.05) is 6.58 Å². The van der Waals surface area contributed by atoms with Gasteiger partial charge in [0.15, 0.2) is 0 Å². The van der Waals surface area contributed by atoms with Crippen LogP contribution in [0, 0.1) is 0 Å². The van der Waals surface area contributed by atoms with E-state index < -0.39 is 18.2 Å². The minimum Gasteiger partial charge on any atom is -0.478 e. The standard InChI is InChI=1S/C4H6O2.2C3H8O2.C2H6O2/c1-3(2)4(5)6;2*1-3(5)2-4;3-1-2-4/h1H2,2H3,(H,5,6);2*3-5H,2H2,1H3;3-4H,1-2H2. The van der Waals surface area contributed by atoms with Crippen LogP contribution in [0.2, 0.25) is 0 Å². The smallest absolute Gasteiger partial charge is 0.330 e. The molecule has 0 rings (SSSR count). The molecule has 0 fully saturated rings. The predicted molar refractivity (Wildman–Crippen MR) is 74.2 cm³/mol. The van der Waals surface area contributed by atoms with Gasteiger partial charge in [-0.2, -0.15) is 0 Å². The molecule has 7 N–H and O–H groups in total. The Morgan fingerprint density at radius 2 is 1.10 bits per heavy atom. The molecule has 0 aliphatic carbocycles. The van der Waals surface area contributed by atoms with Crippen LogP contribution in [0.3, 0.4) is 0 Å². The first kappa shape index (κ1) is 27.3. The Morgan fingerprint density at radius 3 is 1.10 bits per heavy atom. The van der Waals surface area contributed by atoms with E-state index in [0.29, 0.717) is 0 Å². The fourth-order valence-corrected chi connectivity index (χ4v) is 0. The zero-order chi connectivity index (χ0) is 17.1. The van der Waals surface area contributed by atoms with Crippen molar-refractivity contribution < 1.29 is 40.5 Å². The minimum absolute atomic E-state index is 0.125. The minimum atomic E-state index is -0.935. The van der Waals surface area contributed by atoms with Gasteiger partial charge < -0.3 is 35.7 Å². The van der Waals surface area contributed by atoms with Gasteiger partial charge in [-0.25, -0.2) is 4.79 Å². The van der Waals surface area contributed by atoms with Crippen molar-refractivity contribution >= 4 is 5.97 Å². The molecule has 0 spiro atoms. The van der Waals surface area contributed by atoms with Gasteiger partial charge in [-0.05, 0) is 20.8 Å². The molecule has 20 heavy (non-hydrogen) atoms. The molecule has 0 saturated carbocycles. The van der Waals surface area contributed by atoms with Crippen molar-refractivity contribution in [1.82, 2.24) is 0 Å². The third kappa shape index (κ3) is 68.1. The molecule has 8 nitrogen and oxygen atoms in total. The average molecular weight is 300 g/mol. The Morgan fingerprint density at radius 1 is 0.950 bits per heavy atom. The topological polar surface area (TPSA) is 159 Å². The van der Waals surface area contributed by atoms with Crippen molar-refractivity contribution in [3.8, 4) is 0 Å². The van der Waals surface area contributed by atoms with E-state index in [-0.39, 0.29) is 32.0 Å². The Balaban J connectivity index is -0.0000000862. The summed E-state index contributed by atoms with van der Waals surface area (Å²) in [6.45, 7) is 7.13. The predicted octanol–water partition coefficient (Wildman–Crippen LogP) is -1.66. The van der Waals surface area contributed by atoms with E-state index in [1.54, 1.807) is 0 Å². The molecule has 0 aromatic rings. The normalized spacial score (nSPS) is 11.2. The van der Waals surface area contributed by atoms with Crippen LogP contribution in [-0.4, -0.2) is 80.4 Å². The summed E-state index contributed by atoms with van der Waals surface area (Å²) in [6, 6.07) is 0. The highest BCUT2D eigenvalue weighted by Gasteiger charge is 1.90. The third-order valence-corrected chi connectivity index (χ3v) is 0.994. The molecule has 0 bridgehead atoms. The van der Waals surface area contributed by atoms with E-state index in [1.807, 2.05) is 0 Å². The molecule has 124 valence electrons. The van der Waals surface area contributed by atoms with Crippen LogP contribution < -0.4 is 0 Å². The first-order chi connectivity index (χ1) is 9.10. The maximum atomic E-state index is 9.60. The number of rotatable bonds is 4. The highest BCUT2D eigenvalue weighted by atomic mass is 16.4. The number of aliphatic carboxylic acids is 1. The van der Waals surface area contributed by atoms with Gasteiger partial charge in [0.1, 0.15) is 0 Å². The molecule has 2 unspecified atom stereocenters. The van der Waals surface area contributed by atoms with Gasteiger partial charge in [0.25, 0.3) is 0 Å². The summed E-state index contributed by atoms with van der Waals surface area (Å²) >= 11 is 0. The van der Waals surface area contributed by atoms with E-state index in [0.717, 1.165) is 0 Å². The lowest BCUT2D eigenvalue weighted by atomic mass is 10.4. The van der Waals surface area contributed by atoms with Crippen LogP contribution >= 0.6 is 0 Å². The van der Waals surface area contributed by atoms with Crippen molar-refractivity contribution in [2.45, 2.75) is 33.0 Å². The largest absolute Gasteiger partial charge is 0.478 e. The molecule has 0 aromatic heterocycles. The van der Waals surface area contributed by atoms with Crippen molar-refractivity contribution in [3.63, 3.8) is 0 Å². The molecule has 0 aliphatic rings. The molecule has 0 saturated heterocycles. The monoisotopic (exact) mass is 300 g/mol. The van der Waals surface area contributed by atoms with Gasteiger partial charge in [0, 0.05) is 5.57 Å². The molecular weight excluding hydrogens is 272 g/mol. The fourth-order valence-electron chi connectivity index (χ4n) is 0. The van der Waals surface area contributed by atoms with Gasteiger partial charge >= 0.3 is 5.97 Å². The number of aliphatic hydroxyl groups is 6. The lowest BCUT2D eigenvalue weighted by Crippen LogP contribution is -2.03. The van der Waals surface area contributed by atoms with Crippen LogP contribution in [0.1, 0.15) is 20.8 Å². The molecule has 0 radical (unpaired) electrons. The number of hydrogen-bond donors (Lipinski definition) is 7. The van der Waals surface area contributed by atoms with Crippen molar-refractivity contribution in [2.75, 3.05) is 26.4 Å². The summed E-state index contributed by atoms with van der Waals surface area (Å²) < 4.78 is 0. The second-order valence-electron chi connectivity index (χ2n) is 3.60. The van der Waals surface area contributed by atoms with Crippen LogP contribution in [0.4, 0.5) is 0 Å². The van der Waals surface area contributed by atoms with Crippen molar-refractivity contribution in [1.29, 1.82) is 0 Å². The van der Waals surface area contributed by atoms with Crippen LogP contribution in [0.15, 0.2) is 12.2 Å². The number of hydrogen-bond acceptors (Lipinski definition) is 7. The lowest BCUT2D eigenvalue weighted by molar-refractivity contribution is -0.132. The van der Waals surface area contributed by atoms with Crippen molar-refractivity contribution in [2.24, 2.45) is 0 Å².